The topological polar surface area (TPSA) is 124 Å². The van der Waals surface area contributed by atoms with Crippen molar-refractivity contribution in [1.29, 1.82) is 0 Å². The summed E-state index contributed by atoms with van der Waals surface area (Å²) in [4.78, 5) is 24.4. The Kier molecular flexibility index (Phi) is 6.04. The summed E-state index contributed by atoms with van der Waals surface area (Å²) in [5, 5.41) is 6.92. The average molecular weight is 431 g/mol. The summed E-state index contributed by atoms with van der Waals surface area (Å²) in [7, 11) is -0.772. The van der Waals surface area contributed by atoms with Gasteiger partial charge < -0.3 is 14.6 Å². The second-order valence-electron chi connectivity index (χ2n) is 6.25. The number of carbonyl (C=O) groups excluding carboxylic acids is 2. The molecule has 3 rings (SSSR count). The molecule has 2 N–H and O–H groups in total. The Morgan fingerprint density at radius 3 is 2.67 bits per heavy atom. The minimum atomic E-state index is -3.66. The number of aryl methyl sites for hydroxylation is 1. The van der Waals surface area contributed by atoms with E-state index in [1.54, 1.807) is 44.4 Å². The fourth-order valence-electron chi connectivity index (χ4n) is 2.73. The van der Waals surface area contributed by atoms with Crippen molar-refractivity contribution in [3.05, 3.63) is 60.2 Å². The highest BCUT2D eigenvalue weighted by molar-refractivity contribution is 7.89. The van der Waals surface area contributed by atoms with Crippen LogP contribution < -0.4 is 10.0 Å². The first-order valence-electron chi connectivity index (χ1n) is 8.99. The van der Waals surface area contributed by atoms with Gasteiger partial charge in [0.05, 0.1) is 12.3 Å². The largest absolute Gasteiger partial charge is 0.461 e. The molecule has 0 aliphatic carbocycles. The van der Waals surface area contributed by atoms with Gasteiger partial charge in [-0.3, -0.25) is 4.79 Å². The number of hydrogen-bond acceptors (Lipinski definition) is 6. The number of hydrogen-bond donors (Lipinski definition) is 2. The number of amides is 1. The molecule has 0 unspecified atom stereocenters. The van der Waals surface area contributed by atoms with Crippen molar-refractivity contribution in [3.63, 3.8) is 0 Å². The molecule has 11 heteroatoms. The van der Waals surface area contributed by atoms with E-state index in [-0.39, 0.29) is 22.9 Å². The number of esters is 1. The van der Waals surface area contributed by atoms with Crippen molar-refractivity contribution in [2.45, 2.75) is 11.8 Å². The monoisotopic (exact) mass is 431 g/mol. The first kappa shape index (κ1) is 21.3. The molecule has 2 aromatic heterocycles. The predicted molar refractivity (Wildman–Crippen MR) is 109 cm³/mol. The minimum Gasteiger partial charge on any atom is -0.461 e. The van der Waals surface area contributed by atoms with Crippen LogP contribution >= 0.6 is 0 Å². The molecule has 0 saturated carbocycles. The van der Waals surface area contributed by atoms with Crippen LogP contribution in [0.5, 0.6) is 0 Å². The lowest BCUT2D eigenvalue weighted by atomic mass is 10.2. The van der Waals surface area contributed by atoms with E-state index in [1.807, 2.05) is 0 Å². The van der Waals surface area contributed by atoms with Gasteiger partial charge in [0.15, 0.2) is 5.69 Å². The van der Waals surface area contributed by atoms with E-state index in [1.165, 1.54) is 34.6 Å². The summed E-state index contributed by atoms with van der Waals surface area (Å²) in [5.74, 6) is -0.989. The lowest BCUT2D eigenvalue weighted by Crippen LogP contribution is -2.18. The summed E-state index contributed by atoms with van der Waals surface area (Å²) in [5.41, 5.74) is 1.45. The maximum Gasteiger partial charge on any atom is 0.358 e. The number of ether oxygens (including phenoxy) is 1. The zero-order valence-electron chi connectivity index (χ0n) is 16.6. The summed E-state index contributed by atoms with van der Waals surface area (Å²) in [6.45, 7) is 1.97. The first-order chi connectivity index (χ1) is 14.2. The molecule has 0 atom stereocenters. The maximum absolute atomic E-state index is 12.6. The Labute approximate surface area is 173 Å². The van der Waals surface area contributed by atoms with Crippen molar-refractivity contribution in [3.8, 4) is 5.69 Å². The van der Waals surface area contributed by atoms with E-state index < -0.39 is 21.9 Å². The molecule has 1 aromatic carbocycles. The van der Waals surface area contributed by atoms with Crippen LogP contribution in [0.25, 0.3) is 5.69 Å². The quantitative estimate of drug-likeness (QED) is 0.547. The smallest absolute Gasteiger partial charge is 0.358 e. The van der Waals surface area contributed by atoms with Crippen LogP contribution in [0.3, 0.4) is 0 Å². The van der Waals surface area contributed by atoms with E-state index in [2.05, 4.69) is 15.1 Å². The molecule has 2 heterocycles. The van der Waals surface area contributed by atoms with Gasteiger partial charge in [0.25, 0.3) is 5.91 Å². The molecule has 0 spiro atoms. The van der Waals surface area contributed by atoms with E-state index in [0.29, 0.717) is 11.4 Å². The van der Waals surface area contributed by atoms with Crippen LogP contribution in [0.1, 0.15) is 27.9 Å². The molecular weight excluding hydrogens is 410 g/mol. The Morgan fingerprint density at radius 2 is 1.97 bits per heavy atom. The first-order valence-corrected chi connectivity index (χ1v) is 10.5. The fraction of sp³-hybridized carbons (Fsp3) is 0.211. The highest BCUT2D eigenvalue weighted by atomic mass is 32.2. The number of benzene rings is 1. The van der Waals surface area contributed by atoms with Gasteiger partial charge in [-0.2, -0.15) is 5.10 Å². The van der Waals surface area contributed by atoms with Gasteiger partial charge in [-0.1, -0.05) is 6.07 Å². The van der Waals surface area contributed by atoms with Gasteiger partial charge in [-0.25, -0.2) is 22.6 Å². The van der Waals surface area contributed by atoms with E-state index in [9.17, 15) is 18.0 Å². The van der Waals surface area contributed by atoms with Crippen LogP contribution in [0.15, 0.2) is 53.7 Å². The lowest BCUT2D eigenvalue weighted by Gasteiger charge is -2.08. The molecule has 0 saturated heterocycles. The van der Waals surface area contributed by atoms with Gasteiger partial charge in [-0.15, -0.1) is 0 Å². The maximum atomic E-state index is 12.6. The molecule has 10 nitrogen and oxygen atoms in total. The highest BCUT2D eigenvalue weighted by Gasteiger charge is 2.19. The van der Waals surface area contributed by atoms with Crippen LogP contribution in [-0.2, 0) is 21.8 Å². The molecule has 0 aliphatic heterocycles. The van der Waals surface area contributed by atoms with Gasteiger partial charge in [-0.05, 0) is 44.3 Å². The Balaban J connectivity index is 1.81. The van der Waals surface area contributed by atoms with E-state index >= 15 is 0 Å². The molecule has 3 aromatic rings. The molecule has 0 aliphatic rings. The van der Waals surface area contributed by atoms with E-state index in [0.717, 1.165) is 0 Å². The van der Waals surface area contributed by atoms with Crippen molar-refractivity contribution < 1.29 is 22.7 Å². The van der Waals surface area contributed by atoms with E-state index in [4.69, 9.17) is 4.74 Å². The zero-order chi connectivity index (χ0) is 21.9. The molecule has 0 fully saturated rings. The SMILES string of the molecule is CCOC(=O)c1ccn(-c2cccc(NC(=O)c3cc(S(=O)(=O)NC)cn3C)c2)n1. The second-order valence-corrected chi connectivity index (χ2v) is 8.14. The number of carbonyl (C=O) groups is 2. The molecule has 0 radical (unpaired) electrons. The van der Waals surface area contributed by atoms with Crippen molar-refractivity contribution >= 4 is 27.6 Å². The van der Waals surface area contributed by atoms with Crippen molar-refractivity contribution in [1.82, 2.24) is 19.1 Å². The number of nitrogens with zero attached hydrogens (tertiary/aromatic N) is 3. The number of rotatable bonds is 7. The van der Waals surface area contributed by atoms with Crippen molar-refractivity contribution in [2.75, 3.05) is 19.0 Å². The van der Waals surface area contributed by atoms with Gasteiger partial charge in [0.1, 0.15) is 10.6 Å². The normalized spacial score (nSPS) is 11.3. The third-order valence-electron chi connectivity index (χ3n) is 4.23. The Bertz CT molecular complexity index is 1200. The second kappa shape index (κ2) is 8.51. The van der Waals surface area contributed by atoms with Gasteiger partial charge in [0, 0.05) is 25.1 Å². The number of sulfonamides is 1. The molecule has 30 heavy (non-hydrogen) atoms. The third kappa shape index (κ3) is 4.42. The summed E-state index contributed by atoms with van der Waals surface area (Å²) in [6.07, 6.45) is 2.97. The lowest BCUT2D eigenvalue weighted by molar-refractivity contribution is 0.0519. The van der Waals surface area contributed by atoms with Crippen LogP contribution in [0.2, 0.25) is 0 Å². The summed E-state index contributed by atoms with van der Waals surface area (Å²) in [6, 6.07) is 9.68. The minimum absolute atomic E-state index is 0.00515. The fourth-order valence-corrected chi connectivity index (χ4v) is 3.53. The van der Waals surface area contributed by atoms with Gasteiger partial charge >= 0.3 is 5.97 Å². The third-order valence-corrected chi connectivity index (χ3v) is 5.62. The average Bonchev–Trinajstić information content (AvgIpc) is 3.36. The highest BCUT2D eigenvalue weighted by Crippen LogP contribution is 2.18. The van der Waals surface area contributed by atoms with Crippen LogP contribution in [0.4, 0.5) is 5.69 Å². The number of nitrogens with one attached hydrogen (secondary N) is 2. The summed E-state index contributed by atoms with van der Waals surface area (Å²) < 4.78 is 33.9. The van der Waals surface area contributed by atoms with Gasteiger partial charge in [0.2, 0.25) is 10.0 Å². The molecule has 158 valence electrons. The zero-order valence-corrected chi connectivity index (χ0v) is 17.4. The standard InChI is InChI=1S/C19H21N5O5S/c1-4-29-19(26)16-8-9-24(22-16)14-7-5-6-13(10-14)21-18(25)17-11-15(12-23(17)3)30(27,28)20-2/h5-12,20H,4H2,1-3H3,(H,21,25). The van der Waals surface area contributed by atoms with Crippen LogP contribution in [-0.4, -0.2) is 48.3 Å². The molecular formula is C19H21N5O5S. The Hall–Kier alpha value is -3.44. The van der Waals surface area contributed by atoms with Crippen molar-refractivity contribution in [2.24, 2.45) is 7.05 Å². The summed E-state index contributed by atoms with van der Waals surface area (Å²) >= 11 is 0. The number of aromatic nitrogens is 3. The van der Waals surface area contributed by atoms with Crippen LogP contribution in [0, 0.1) is 0 Å². The predicted octanol–water partition coefficient (Wildman–Crippen LogP) is 1.55. The Morgan fingerprint density at radius 1 is 1.20 bits per heavy atom. The number of anilines is 1. The molecule has 1 amide bonds. The molecule has 0 bridgehead atoms.